The minimum absolute atomic E-state index is 0.113. The molecule has 0 N–H and O–H groups in total. The number of alkyl halides is 3. The number of benzene rings is 1. The fraction of sp³-hybridized carbons (Fsp3) is 0.500. The van der Waals surface area contributed by atoms with Crippen LogP contribution in [-0.2, 0) is 21.4 Å². The van der Waals surface area contributed by atoms with Crippen LogP contribution in [0, 0.1) is 5.41 Å². The summed E-state index contributed by atoms with van der Waals surface area (Å²) in [5, 5.41) is -1.07. The molecule has 2 aromatic rings. The van der Waals surface area contributed by atoms with Crippen LogP contribution < -0.4 is 9.74 Å². The molecule has 1 aromatic carbocycles. The van der Waals surface area contributed by atoms with Crippen LogP contribution in [0.25, 0.3) is 10.8 Å². The lowest BCUT2D eigenvalue weighted by molar-refractivity contribution is -0.0501. The number of hydrogen-bond donors (Lipinski definition) is 0. The maximum Gasteiger partial charge on any atom is 0.534 e. The summed E-state index contributed by atoms with van der Waals surface area (Å²) >= 11 is 12.0. The molecule has 0 atom stereocenters. The van der Waals surface area contributed by atoms with Gasteiger partial charge in [-0.15, -0.1) is 0 Å². The van der Waals surface area contributed by atoms with Crippen LogP contribution in [0.15, 0.2) is 16.9 Å². The molecule has 0 aliphatic heterocycles. The van der Waals surface area contributed by atoms with Crippen LogP contribution in [0.5, 0.6) is 5.75 Å². The van der Waals surface area contributed by atoms with Gasteiger partial charge in [-0.25, -0.2) is 4.79 Å². The predicted octanol–water partition coefficient (Wildman–Crippen LogP) is 5.54. The highest BCUT2D eigenvalue weighted by Crippen LogP contribution is 2.38. The van der Waals surface area contributed by atoms with Gasteiger partial charge < -0.3 is 8.92 Å². The van der Waals surface area contributed by atoms with Crippen molar-refractivity contribution >= 4 is 50.1 Å². The smallest absolute Gasteiger partial charge is 0.455 e. The van der Waals surface area contributed by atoms with Crippen LogP contribution in [0.1, 0.15) is 52.0 Å². The first-order chi connectivity index (χ1) is 14.6. The number of nitrogens with zero attached hydrogens (tertiary/aromatic N) is 1. The maximum absolute atomic E-state index is 13.3. The van der Waals surface area contributed by atoms with Gasteiger partial charge in [-0.1, -0.05) is 44.0 Å². The number of rotatable bonds is 4. The summed E-state index contributed by atoms with van der Waals surface area (Å²) in [7, 11) is -6.24. The minimum atomic E-state index is -6.24. The Morgan fingerprint density at radius 3 is 1.91 bits per heavy atom. The fourth-order valence-electron chi connectivity index (χ4n) is 2.80. The average Bonchev–Trinajstić information content (AvgIpc) is 2.57. The van der Waals surface area contributed by atoms with E-state index in [0.717, 1.165) is 16.7 Å². The largest absolute Gasteiger partial charge is 0.534 e. The van der Waals surface area contributed by atoms with Crippen LogP contribution in [-0.4, -0.2) is 30.1 Å². The molecular weight excluding hydrogens is 510 g/mol. The third-order valence-corrected chi connectivity index (χ3v) is 5.64. The number of aromatic nitrogens is 1. The van der Waals surface area contributed by atoms with Crippen molar-refractivity contribution in [2.45, 2.75) is 59.2 Å². The molecule has 0 fully saturated rings. The standard InChI is InChI=1S/C20H22Cl2F3NO6S/c1-18(2,3)9-26-14(17(28)31-19(4,5)6)15(32-33(29,30)20(23,24)25)10-7-12(21)13(22)8-11(10)16(26)27/h7-8H,9H2,1-6H3. The second-order valence-corrected chi connectivity index (χ2v) is 11.8. The van der Waals surface area contributed by atoms with Crippen molar-refractivity contribution in [1.82, 2.24) is 4.57 Å². The zero-order valence-corrected chi connectivity index (χ0v) is 20.9. The normalized spacial score (nSPS) is 13.3. The Kier molecular flexibility index (Phi) is 7.16. The molecule has 0 saturated heterocycles. The van der Waals surface area contributed by atoms with Crippen LogP contribution in [0.3, 0.4) is 0 Å². The molecule has 0 aliphatic rings. The molecule has 0 aliphatic carbocycles. The molecule has 33 heavy (non-hydrogen) atoms. The van der Waals surface area contributed by atoms with E-state index in [1.54, 1.807) is 20.8 Å². The summed E-state index contributed by atoms with van der Waals surface area (Å²) in [5.74, 6) is -2.30. The summed E-state index contributed by atoms with van der Waals surface area (Å²) in [4.78, 5) is 26.4. The molecule has 0 saturated carbocycles. The molecule has 184 valence electrons. The van der Waals surface area contributed by atoms with Gasteiger partial charge in [-0.05, 0) is 38.3 Å². The van der Waals surface area contributed by atoms with E-state index in [1.165, 1.54) is 20.8 Å². The molecule has 0 bridgehead atoms. The molecule has 2 rings (SSSR count). The van der Waals surface area contributed by atoms with Gasteiger partial charge in [0.15, 0.2) is 11.4 Å². The SMILES string of the molecule is CC(C)(C)Cn1c(C(=O)OC(C)(C)C)c(OS(=O)(=O)C(F)(F)F)c2cc(Cl)c(Cl)cc2c1=O. The van der Waals surface area contributed by atoms with Gasteiger partial charge in [0.1, 0.15) is 5.60 Å². The predicted molar refractivity (Wildman–Crippen MR) is 118 cm³/mol. The lowest BCUT2D eigenvalue weighted by Gasteiger charge is -2.26. The van der Waals surface area contributed by atoms with Gasteiger partial charge in [-0.3, -0.25) is 9.36 Å². The van der Waals surface area contributed by atoms with E-state index in [0.29, 0.717) is 0 Å². The Hall–Kier alpha value is -1.98. The number of pyridine rings is 1. The number of halogens is 5. The van der Waals surface area contributed by atoms with Gasteiger partial charge in [-0.2, -0.15) is 21.6 Å². The second kappa shape index (κ2) is 8.66. The quantitative estimate of drug-likeness (QED) is 0.292. The fourth-order valence-corrected chi connectivity index (χ4v) is 3.61. The van der Waals surface area contributed by atoms with E-state index in [9.17, 15) is 31.2 Å². The Morgan fingerprint density at radius 1 is 1.00 bits per heavy atom. The first kappa shape index (κ1) is 27.3. The lowest BCUT2D eigenvalue weighted by atomic mass is 9.96. The number of carbonyl (C=O) groups excluding carboxylic acids is 1. The van der Waals surface area contributed by atoms with Crippen molar-refractivity contribution in [3.8, 4) is 5.75 Å². The van der Waals surface area contributed by atoms with Crippen LogP contribution >= 0.6 is 23.2 Å². The zero-order valence-electron chi connectivity index (χ0n) is 18.6. The molecule has 13 heteroatoms. The molecular formula is C20H22Cl2F3NO6S. The van der Waals surface area contributed by atoms with Crippen molar-refractivity contribution in [3.05, 3.63) is 38.2 Å². The first-order valence-electron chi connectivity index (χ1n) is 9.44. The van der Waals surface area contributed by atoms with Crippen molar-refractivity contribution in [2.75, 3.05) is 0 Å². The number of carbonyl (C=O) groups is 1. The Labute approximate surface area is 198 Å². The third kappa shape index (κ3) is 6.13. The highest BCUT2D eigenvalue weighted by molar-refractivity contribution is 7.88. The van der Waals surface area contributed by atoms with Crippen molar-refractivity contribution in [2.24, 2.45) is 5.41 Å². The molecule has 0 radical (unpaired) electrons. The van der Waals surface area contributed by atoms with Gasteiger partial charge in [0.2, 0.25) is 0 Å². The number of hydrogen-bond acceptors (Lipinski definition) is 6. The average molecular weight is 532 g/mol. The lowest BCUT2D eigenvalue weighted by Crippen LogP contribution is -2.36. The maximum atomic E-state index is 13.3. The topological polar surface area (TPSA) is 91.7 Å². The van der Waals surface area contributed by atoms with E-state index < -0.39 is 55.0 Å². The van der Waals surface area contributed by atoms with E-state index >= 15 is 0 Å². The Balaban J connectivity index is 3.11. The van der Waals surface area contributed by atoms with Gasteiger partial charge in [0, 0.05) is 11.9 Å². The Morgan fingerprint density at radius 2 is 1.48 bits per heavy atom. The molecule has 0 unspecified atom stereocenters. The van der Waals surface area contributed by atoms with E-state index in [2.05, 4.69) is 4.18 Å². The summed E-state index contributed by atoms with van der Waals surface area (Å²) in [6, 6.07) is 2.02. The zero-order chi connectivity index (χ0) is 25.7. The van der Waals surface area contributed by atoms with Crippen LogP contribution in [0.2, 0.25) is 10.0 Å². The number of fused-ring (bicyclic) bond motifs is 1. The van der Waals surface area contributed by atoms with Gasteiger partial charge in [0.25, 0.3) is 5.56 Å². The van der Waals surface area contributed by atoms with Crippen molar-refractivity contribution in [1.29, 1.82) is 0 Å². The summed E-state index contributed by atoms with van der Waals surface area (Å²) in [5.41, 5.74) is -9.25. The Bertz CT molecular complexity index is 1270. The monoisotopic (exact) mass is 531 g/mol. The summed E-state index contributed by atoms with van der Waals surface area (Å²) < 4.78 is 73.9. The highest BCUT2D eigenvalue weighted by Gasteiger charge is 2.49. The van der Waals surface area contributed by atoms with Crippen LogP contribution in [0.4, 0.5) is 13.2 Å². The van der Waals surface area contributed by atoms with Gasteiger partial charge in [0.05, 0.1) is 15.4 Å². The van der Waals surface area contributed by atoms with E-state index in [-0.39, 0.29) is 22.0 Å². The van der Waals surface area contributed by atoms with E-state index in [4.69, 9.17) is 27.9 Å². The third-order valence-electron chi connectivity index (χ3n) is 3.97. The second-order valence-electron chi connectivity index (χ2n) is 9.43. The number of ether oxygens (including phenoxy) is 1. The highest BCUT2D eigenvalue weighted by atomic mass is 35.5. The van der Waals surface area contributed by atoms with E-state index in [1.807, 2.05) is 0 Å². The molecule has 0 amide bonds. The van der Waals surface area contributed by atoms with Gasteiger partial charge >= 0.3 is 21.6 Å². The molecule has 7 nitrogen and oxygen atoms in total. The molecule has 1 heterocycles. The molecule has 1 aromatic heterocycles. The minimum Gasteiger partial charge on any atom is -0.455 e. The number of esters is 1. The summed E-state index contributed by atoms with van der Waals surface area (Å²) in [6.07, 6.45) is 0. The molecule has 0 spiro atoms. The summed E-state index contributed by atoms with van der Waals surface area (Å²) in [6.45, 7) is 9.36. The van der Waals surface area contributed by atoms with Crippen molar-refractivity contribution in [3.63, 3.8) is 0 Å². The van der Waals surface area contributed by atoms with Crippen molar-refractivity contribution < 1.29 is 35.3 Å². The first-order valence-corrected chi connectivity index (χ1v) is 11.6.